The molecule has 0 spiro atoms. The first-order valence-electron chi connectivity index (χ1n) is 13.1. The number of aryl methyl sites for hydroxylation is 1. The second-order valence-electron chi connectivity index (χ2n) is 11.2. The van der Waals surface area contributed by atoms with Gasteiger partial charge in [-0.15, -0.1) is 0 Å². The topological polar surface area (TPSA) is 98.5 Å². The summed E-state index contributed by atoms with van der Waals surface area (Å²) in [4.78, 5) is 40.0. The first-order chi connectivity index (χ1) is 18.6. The van der Waals surface area contributed by atoms with E-state index in [0.29, 0.717) is 36.9 Å². The highest BCUT2D eigenvalue weighted by atomic mass is 19.4. The number of anilines is 1. The number of nitrogens with one attached hydrogen (secondary N) is 1. The van der Waals surface area contributed by atoms with Crippen molar-refractivity contribution in [3.05, 3.63) is 67.9 Å². The second kappa shape index (κ2) is 10.6. The summed E-state index contributed by atoms with van der Waals surface area (Å²) < 4.78 is 48.6. The number of rotatable bonds is 4. The van der Waals surface area contributed by atoms with Crippen LogP contribution >= 0.6 is 0 Å². The summed E-state index contributed by atoms with van der Waals surface area (Å²) in [5, 5.41) is 8.03. The lowest BCUT2D eigenvalue weighted by Crippen LogP contribution is -2.43. The van der Waals surface area contributed by atoms with E-state index >= 15 is 0 Å². The van der Waals surface area contributed by atoms with E-state index in [-0.39, 0.29) is 28.4 Å². The second-order valence-corrected chi connectivity index (χ2v) is 11.2. The molecule has 3 aromatic rings. The van der Waals surface area contributed by atoms with E-state index in [1.807, 2.05) is 0 Å². The first kappa shape index (κ1) is 29.2. The molecule has 3 heterocycles. The molecule has 0 unspecified atom stereocenters. The van der Waals surface area contributed by atoms with Gasteiger partial charge in [0, 0.05) is 43.8 Å². The molecule has 0 radical (unpaired) electrons. The Balaban J connectivity index is 1.66. The maximum atomic E-state index is 13.5. The Bertz CT molecular complexity index is 1550. The van der Waals surface area contributed by atoms with Crippen LogP contribution < -0.4 is 16.4 Å². The van der Waals surface area contributed by atoms with Crippen molar-refractivity contribution in [3.8, 4) is 0 Å². The number of carbonyl (C=O) groups excluding carboxylic acids is 1. The third-order valence-electron chi connectivity index (χ3n) is 7.12. The summed E-state index contributed by atoms with van der Waals surface area (Å²) in [5.41, 5.74) is -1.63. The quantitative estimate of drug-likeness (QED) is 0.472. The smallest absolute Gasteiger partial charge is 0.416 e. The zero-order chi connectivity index (χ0) is 29.6. The fourth-order valence-corrected chi connectivity index (χ4v) is 5.09. The van der Waals surface area contributed by atoms with Crippen LogP contribution in [0.1, 0.15) is 69.3 Å². The number of halogens is 3. The van der Waals surface area contributed by atoms with E-state index in [9.17, 15) is 27.6 Å². The van der Waals surface area contributed by atoms with Gasteiger partial charge in [-0.3, -0.25) is 9.59 Å². The fraction of sp³-hybridized carbons (Fsp3) is 0.500. The predicted molar refractivity (Wildman–Crippen MR) is 146 cm³/mol. The number of piperidine rings is 1. The van der Waals surface area contributed by atoms with E-state index in [0.717, 1.165) is 10.7 Å². The Morgan fingerprint density at radius 2 is 1.77 bits per heavy atom. The monoisotopic (exact) mass is 561 g/mol. The van der Waals surface area contributed by atoms with Gasteiger partial charge >= 0.3 is 12.3 Å². The van der Waals surface area contributed by atoms with E-state index < -0.39 is 35.0 Å². The number of hydrogen-bond donors (Lipinski definition) is 1. The molecule has 9 nitrogen and oxygen atoms in total. The van der Waals surface area contributed by atoms with Gasteiger partial charge in [0.25, 0.3) is 11.1 Å². The number of hydrogen-bond acceptors (Lipinski definition) is 6. The van der Waals surface area contributed by atoms with E-state index in [2.05, 4.69) is 10.4 Å². The van der Waals surface area contributed by atoms with Crippen LogP contribution in [0.5, 0.6) is 0 Å². The molecular weight excluding hydrogens is 527 g/mol. The molecule has 4 rings (SSSR count). The maximum Gasteiger partial charge on any atom is 0.416 e. The van der Waals surface area contributed by atoms with Crippen LogP contribution in [0.4, 0.5) is 23.8 Å². The molecule has 1 atom stereocenters. The highest BCUT2D eigenvalue weighted by Gasteiger charge is 2.33. The van der Waals surface area contributed by atoms with E-state index in [4.69, 9.17) is 4.74 Å². The van der Waals surface area contributed by atoms with Crippen molar-refractivity contribution in [1.82, 2.24) is 19.2 Å². The minimum Gasteiger partial charge on any atom is -0.444 e. The molecule has 1 N–H and O–H groups in total. The van der Waals surface area contributed by atoms with Gasteiger partial charge in [0.15, 0.2) is 5.82 Å². The number of aromatic nitrogens is 3. The Hall–Kier alpha value is -3.83. The fourth-order valence-electron chi connectivity index (χ4n) is 5.09. The number of benzene rings is 1. The number of likely N-dealkylation sites (tertiary alicyclic amines) is 1. The molecule has 40 heavy (non-hydrogen) atoms. The summed E-state index contributed by atoms with van der Waals surface area (Å²) in [6, 6.07) is 4.46. The third-order valence-corrected chi connectivity index (χ3v) is 7.12. The van der Waals surface area contributed by atoms with Crippen molar-refractivity contribution in [2.24, 2.45) is 7.05 Å². The molecule has 0 aliphatic carbocycles. The number of nitrogens with zero attached hydrogens (tertiary/aromatic N) is 4. The molecule has 1 aromatic carbocycles. The Labute approximate surface area is 229 Å². The van der Waals surface area contributed by atoms with Gasteiger partial charge < -0.3 is 19.5 Å². The number of pyridine rings is 1. The molecular formula is C28H34F3N5O4. The molecule has 1 saturated heterocycles. The van der Waals surface area contributed by atoms with E-state index in [1.165, 1.54) is 26.1 Å². The van der Waals surface area contributed by atoms with Gasteiger partial charge in [0.1, 0.15) is 5.60 Å². The normalized spacial score (nSPS) is 15.8. The van der Waals surface area contributed by atoms with Crippen molar-refractivity contribution in [2.45, 2.75) is 71.3 Å². The van der Waals surface area contributed by atoms with Gasteiger partial charge in [-0.05, 0) is 64.7 Å². The maximum absolute atomic E-state index is 13.5. The standard InChI is InChI=1S/C28H34F3N5O4/c1-16-19(8-7-9-22(16)28(29,30)31)17(2)32-24-21-15-36(23(37)14-20(21)25(38)34(6)33-24)18-10-12-35(13-11-18)26(39)40-27(3,4)5/h7-9,14-15,17-18H,10-13H2,1-6H3,(H,32,33)/t17-/m1/s1. The number of alkyl halides is 3. The molecule has 2 aromatic heterocycles. The molecule has 0 saturated carbocycles. The Kier molecular flexibility index (Phi) is 7.75. The van der Waals surface area contributed by atoms with Crippen LogP contribution in [0.15, 0.2) is 40.1 Å². The number of carbonyl (C=O) groups is 1. The number of fused-ring (bicyclic) bond motifs is 1. The summed E-state index contributed by atoms with van der Waals surface area (Å²) in [6.07, 6.45) is -2.31. The average molecular weight is 562 g/mol. The molecule has 1 aliphatic rings. The Morgan fingerprint density at radius 1 is 1.12 bits per heavy atom. The summed E-state index contributed by atoms with van der Waals surface area (Å²) in [6.45, 7) is 9.32. The van der Waals surface area contributed by atoms with Crippen LogP contribution in [0.25, 0.3) is 10.8 Å². The van der Waals surface area contributed by atoms with Crippen LogP contribution in [0.3, 0.4) is 0 Å². The number of ether oxygens (including phenoxy) is 1. The van der Waals surface area contributed by atoms with Crippen molar-refractivity contribution in [2.75, 3.05) is 18.4 Å². The lowest BCUT2D eigenvalue weighted by molar-refractivity contribution is -0.138. The minimum absolute atomic E-state index is 0.0952. The minimum atomic E-state index is -4.49. The average Bonchev–Trinajstić information content (AvgIpc) is 2.85. The number of amides is 1. The van der Waals surface area contributed by atoms with Gasteiger partial charge in [-0.25, -0.2) is 9.48 Å². The summed E-state index contributed by atoms with van der Waals surface area (Å²) in [5.74, 6) is 0.265. The molecule has 216 valence electrons. The lowest BCUT2D eigenvalue weighted by Gasteiger charge is -2.34. The van der Waals surface area contributed by atoms with Crippen molar-refractivity contribution < 1.29 is 22.7 Å². The van der Waals surface area contributed by atoms with Crippen LogP contribution in [-0.2, 0) is 18.0 Å². The Morgan fingerprint density at radius 3 is 2.38 bits per heavy atom. The largest absolute Gasteiger partial charge is 0.444 e. The van der Waals surface area contributed by atoms with Gasteiger partial charge in [-0.2, -0.15) is 18.3 Å². The van der Waals surface area contributed by atoms with Gasteiger partial charge in [0.05, 0.1) is 17.0 Å². The third kappa shape index (κ3) is 6.00. The van der Waals surface area contributed by atoms with Crippen molar-refractivity contribution in [1.29, 1.82) is 0 Å². The molecule has 0 bridgehead atoms. The first-order valence-corrected chi connectivity index (χ1v) is 13.1. The molecule has 1 fully saturated rings. The van der Waals surface area contributed by atoms with Crippen LogP contribution in [0, 0.1) is 6.92 Å². The van der Waals surface area contributed by atoms with Crippen LogP contribution in [-0.4, -0.2) is 44.0 Å². The van der Waals surface area contributed by atoms with Crippen LogP contribution in [0.2, 0.25) is 0 Å². The lowest BCUT2D eigenvalue weighted by atomic mass is 9.97. The SMILES string of the molecule is Cc1c([C@@H](C)Nc2nn(C)c(=O)c3cc(=O)n(C4CCN(C(=O)OC(C)(C)C)CC4)cc23)cccc1C(F)(F)F. The zero-order valence-electron chi connectivity index (χ0n) is 23.4. The predicted octanol–water partition coefficient (Wildman–Crippen LogP) is 5.17. The van der Waals surface area contributed by atoms with Crippen molar-refractivity contribution in [3.63, 3.8) is 0 Å². The summed E-state index contributed by atoms with van der Waals surface area (Å²) in [7, 11) is 1.45. The van der Waals surface area contributed by atoms with E-state index in [1.54, 1.807) is 49.4 Å². The van der Waals surface area contributed by atoms with Gasteiger partial charge in [-0.1, -0.05) is 12.1 Å². The zero-order valence-corrected chi connectivity index (χ0v) is 23.4. The molecule has 12 heteroatoms. The summed E-state index contributed by atoms with van der Waals surface area (Å²) >= 11 is 0. The molecule has 1 aliphatic heterocycles. The molecule has 1 amide bonds. The van der Waals surface area contributed by atoms with Gasteiger partial charge in [0.2, 0.25) is 0 Å². The van der Waals surface area contributed by atoms with Crippen molar-refractivity contribution >= 4 is 22.7 Å². The highest BCUT2D eigenvalue weighted by Crippen LogP contribution is 2.35. The highest BCUT2D eigenvalue weighted by molar-refractivity contribution is 5.90.